The zero-order chi connectivity index (χ0) is 7.84. The molecule has 0 unspecified atom stereocenters. The van der Waals surface area contributed by atoms with Gasteiger partial charge in [-0.05, 0) is 19.8 Å². The molecule has 0 aromatic rings. The van der Waals surface area contributed by atoms with Crippen LogP contribution in [0.3, 0.4) is 0 Å². The van der Waals surface area contributed by atoms with Crippen molar-refractivity contribution in [2.75, 3.05) is 0 Å². The van der Waals surface area contributed by atoms with Crippen molar-refractivity contribution < 1.29 is 9.53 Å². The van der Waals surface area contributed by atoms with Gasteiger partial charge >= 0.3 is 5.97 Å². The summed E-state index contributed by atoms with van der Waals surface area (Å²) in [4.78, 5) is 11.2. The largest absolute Gasteiger partial charge is 0.462 e. The van der Waals surface area contributed by atoms with Crippen LogP contribution in [0.2, 0.25) is 0 Å². The van der Waals surface area contributed by atoms with Crippen LogP contribution in [0.15, 0.2) is 0 Å². The van der Waals surface area contributed by atoms with Crippen LogP contribution >= 0.6 is 0 Å². The molecule has 2 rings (SSSR count). The van der Waals surface area contributed by atoms with E-state index in [2.05, 4.69) is 0 Å². The number of carbonyl (C=O) groups excluding carboxylic acids is 1. The van der Waals surface area contributed by atoms with E-state index in [4.69, 9.17) is 4.74 Å². The molecule has 0 aromatic heterocycles. The third-order valence-corrected chi connectivity index (χ3v) is 3.03. The number of hydrogen-bond acceptors (Lipinski definition) is 2. The summed E-state index contributed by atoms with van der Waals surface area (Å²) in [7, 11) is 0. The van der Waals surface area contributed by atoms with Crippen LogP contribution in [-0.2, 0) is 9.53 Å². The predicted octanol–water partition coefficient (Wildman–Crippen LogP) is 1.74. The van der Waals surface area contributed by atoms with Crippen LogP contribution in [-0.4, -0.2) is 12.1 Å². The Bertz CT molecular complexity index is 176. The lowest BCUT2D eigenvalue weighted by molar-refractivity contribution is -0.143. The van der Waals surface area contributed by atoms with Gasteiger partial charge in [-0.2, -0.15) is 0 Å². The van der Waals surface area contributed by atoms with Crippen molar-refractivity contribution in [3.05, 3.63) is 0 Å². The summed E-state index contributed by atoms with van der Waals surface area (Å²) in [6.45, 7) is 2.02. The Balaban J connectivity index is 2.13. The van der Waals surface area contributed by atoms with Gasteiger partial charge in [-0.1, -0.05) is 12.8 Å². The topological polar surface area (TPSA) is 26.3 Å². The zero-order valence-electron chi connectivity index (χ0n) is 6.88. The van der Waals surface area contributed by atoms with Crippen LogP contribution in [0.1, 0.15) is 32.6 Å². The van der Waals surface area contributed by atoms with Crippen LogP contribution < -0.4 is 0 Å². The van der Waals surface area contributed by atoms with Gasteiger partial charge in [0.15, 0.2) is 0 Å². The Morgan fingerprint density at radius 2 is 2.09 bits per heavy atom. The molecule has 11 heavy (non-hydrogen) atoms. The Labute approximate surface area is 66.9 Å². The summed E-state index contributed by atoms with van der Waals surface area (Å²) in [5.41, 5.74) is 0. The second kappa shape index (κ2) is 2.50. The van der Waals surface area contributed by atoms with E-state index in [1.165, 1.54) is 19.3 Å². The smallest absolute Gasteiger partial charge is 0.309 e. The van der Waals surface area contributed by atoms with Crippen molar-refractivity contribution in [3.63, 3.8) is 0 Å². The van der Waals surface area contributed by atoms with E-state index in [0.717, 1.165) is 6.42 Å². The van der Waals surface area contributed by atoms with Gasteiger partial charge in [0.2, 0.25) is 0 Å². The molecule has 0 N–H and O–H groups in total. The fourth-order valence-corrected chi connectivity index (χ4v) is 2.37. The Hall–Kier alpha value is -0.530. The molecule has 1 saturated heterocycles. The normalized spacial score (nSPS) is 43.4. The highest BCUT2D eigenvalue weighted by Crippen LogP contribution is 2.39. The predicted molar refractivity (Wildman–Crippen MR) is 41.0 cm³/mol. The summed E-state index contributed by atoms with van der Waals surface area (Å²) >= 11 is 0. The number of cyclic esters (lactones) is 1. The molecule has 0 radical (unpaired) electrons. The summed E-state index contributed by atoms with van der Waals surface area (Å²) in [6.07, 6.45) is 4.93. The zero-order valence-corrected chi connectivity index (χ0v) is 6.88. The molecular formula is C9H14O2. The first kappa shape index (κ1) is 7.14. The van der Waals surface area contributed by atoms with E-state index < -0.39 is 0 Å². The van der Waals surface area contributed by atoms with Crippen molar-refractivity contribution in [3.8, 4) is 0 Å². The standard InChI is InChI=1S/C9H14O2/c1-6-7-4-2-3-5-8(7)9(10)11-6/h6-8H,2-5H2,1H3/t6-,7-,8-/m0/s1. The number of ether oxygens (including phenoxy) is 1. The van der Waals surface area contributed by atoms with Gasteiger partial charge in [0, 0.05) is 5.92 Å². The van der Waals surface area contributed by atoms with E-state index in [-0.39, 0.29) is 18.0 Å². The highest BCUT2D eigenvalue weighted by Gasteiger charge is 2.42. The lowest BCUT2D eigenvalue weighted by atomic mass is 9.79. The van der Waals surface area contributed by atoms with E-state index in [0.29, 0.717) is 5.92 Å². The lowest BCUT2D eigenvalue weighted by Gasteiger charge is -2.22. The fourth-order valence-electron chi connectivity index (χ4n) is 2.37. The van der Waals surface area contributed by atoms with Crippen LogP contribution in [0, 0.1) is 11.8 Å². The van der Waals surface area contributed by atoms with Crippen molar-refractivity contribution in [1.29, 1.82) is 0 Å². The summed E-state index contributed by atoms with van der Waals surface area (Å²) in [5, 5.41) is 0. The van der Waals surface area contributed by atoms with Gasteiger partial charge in [-0.15, -0.1) is 0 Å². The molecule has 0 aromatic carbocycles. The first-order chi connectivity index (χ1) is 5.29. The highest BCUT2D eigenvalue weighted by atomic mass is 16.6. The van der Waals surface area contributed by atoms with Gasteiger partial charge in [0.05, 0.1) is 5.92 Å². The van der Waals surface area contributed by atoms with E-state index in [1.54, 1.807) is 0 Å². The first-order valence-corrected chi connectivity index (χ1v) is 4.49. The third kappa shape index (κ3) is 1.05. The molecule has 3 atom stereocenters. The van der Waals surface area contributed by atoms with Crippen molar-refractivity contribution in [2.24, 2.45) is 11.8 Å². The molecular weight excluding hydrogens is 140 g/mol. The fraction of sp³-hybridized carbons (Fsp3) is 0.889. The SMILES string of the molecule is C[C@@H]1OC(=O)[C@H]2CCCC[C@@H]12. The summed E-state index contributed by atoms with van der Waals surface area (Å²) in [6, 6.07) is 0. The molecule has 2 nitrogen and oxygen atoms in total. The number of fused-ring (bicyclic) bond motifs is 1. The van der Waals surface area contributed by atoms with Gasteiger partial charge in [0.25, 0.3) is 0 Å². The van der Waals surface area contributed by atoms with Crippen LogP contribution in [0.4, 0.5) is 0 Å². The average molecular weight is 154 g/mol. The molecule has 2 aliphatic rings. The monoisotopic (exact) mass is 154 g/mol. The van der Waals surface area contributed by atoms with Gasteiger partial charge in [0.1, 0.15) is 6.10 Å². The Morgan fingerprint density at radius 1 is 1.36 bits per heavy atom. The number of rotatable bonds is 0. The number of esters is 1. The maximum absolute atomic E-state index is 11.2. The Kier molecular flexibility index (Phi) is 1.63. The average Bonchev–Trinajstić information content (AvgIpc) is 2.30. The molecule has 2 heteroatoms. The molecule has 1 aliphatic heterocycles. The Morgan fingerprint density at radius 3 is 2.82 bits per heavy atom. The minimum atomic E-state index is 0.0576. The van der Waals surface area contributed by atoms with E-state index in [1.807, 2.05) is 6.92 Å². The maximum Gasteiger partial charge on any atom is 0.309 e. The molecule has 1 aliphatic carbocycles. The molecule has 0 spiro atoms. The summed E-state index contributed by atoms with van der Waals surface area (Å²) in [5.74, 6) is 0.845. The summed E-state index contributed by atoms with van der Waals surface area (Å²) < 4.78 is 5.17. The van der Waals surface area contributed by atoms with Gasteiger partial charge in [-0.25, -0.2) is 0 Å². The van der Waals surface area contributed by atoms with Crippen molar-refractivity contribution >= 4 is 5.97 Å². The van der Waals surface area contributed by atoms with Gasteiger partial charge in [-0.3, -0.25) is 4.79 Å². The number of hydrogen-bond donors (Lipinski definition) is 0. The lowest BCUT2D eigenvalue weighted by Crippen LogP contribution is -2.22. The minimum absolute atomic E-state index is 0.0576. The molecule has 0 amide bonds. The number of carbonyl (C=O) groups is 1. The van der Waals surface area contributed by atoms with Crippen molar-refractivity contribution in [2.45, 2.75) is 38.7 Å². The second-order valence-electron chi connectivity index (χ2n) is 3.70. The third-order valence-electron chi connectivity index (χ3n) is 3.03. The van der Waals surface area contributed by atoms with E-state index >= 15 is 0 Å². The first-order valence-electron chi connectivity index (χ1n) is 4.49. The van der Waals surface area contributed by atoms with Crippen molar-refractivity contribution in [1.82, 2.24) is 0 Å². The van der Waals surface area contributed by atoms with Crippen LogP contribution in [0.5, 0.6) is 0 Å². The maximum atomic E-state index is 11.2. The quantitative estimate of drug-likeness (QED) is 0.497. The van der Waals surface area contributed by atoms with E-state index in [9.17, 15) is 4.79 Å². The molecule has 1 saturated carbocycles. The van der Waals surface area contributed by atoms with Gasteiger partial charge < -0.3 is 4.74 Å². The van der Waals surface area contributed by atoms with Crippen LogP contribution in [0.25, 0.3) is 0 Å². The minimum Gasteiger partial charge on any atom is -0.462 e. The molecule has 1 heterocycles. The highest BCUT2D eigenvalue weighted by molar-refractivity contribution is 5.75. The second-order valence-corrected chi connectivity index (χ2v) is 3.70. The molecule has 62 valence electrons. The molecule has 2 fully saturated rings. The molecule has 0 bridgehead atoms.